The molecule has 146 valence electrons. The van der Waals surface area contributed by atoms with Crippen molar-refractivity contribution in [1.29, 1.82) is 0 Å². The van der Waals surface area contributed by atoms with Crippen molar-refractivity contribution in [2.45, 2.75) is 6.54 Å². The Balaban J connectivity index is 1.24. The van der Waals surface area contributed by atoms with Crippen LogP contribution in [-0.4, -0.2) is 48.8 Å². The molecule has 6 nitrogen and oxygen atoms in total. The zero-order valence-electron chi connectivity index (χ0n) is 15.4. The number of halogens is 1. The number of rotatable bonds is 4. The topological polar surface area (TPSA) is 54.0 Å². The molecule has 2 aliphatic rings. The van der Waals surface area contributed by atoms with Gasteiger partial charge in [0.2, 0.25) is 6.79 Å². The lowest BCUT2D eigenvalue weighted by atomic mass is 10.1. The first-order valence-corrected chi connectivity index (χ1v) is 9.26. The Morgan fingerprint density at radius 3 is 2.68 bits per heavy atom. The number of ether oxygens (including phenoxy) is 2. The Morgan fingerprint density at radius 1 is 1.07 bits per heavy atom. The van der Waals surface area contributed by atoms with Gasteiger partial charge in [-0.05, 0) is 29.8 Å². The number of urea groups is 1. The number of carbonyl (C=O) groups is 1. The summed E-state index contributed by atoms with van der Waals surface area (Å²) in [6.45, 7) is 3.95. The molecular weight excluding hydrogens is 361 g/mol. The molecule has 0 spiro atoms. The van der Waals surface area contributed by atoms with Gasteiger partial charge in [0.15, 0.2) is 11.5 Å². The summed E-state index contributed by atoms with van der Waals surface area (Å²) < 4.78 is 24.3. The van der Waals surface area contributed by atoms with Gasteiger partial charge in [0, 0.05) is 44.5 Å². The first kappa shape index (κ1) is 18.3. The maximum absolute atomic E-state index is 13.6. The molecule has 2 amide bonds. The van der Waals surface area contributed by atoms with Crippen LogP contribution in [0.3, 0.4) is 0 Å². The summed E-state index contributed by atoms with van der Waals surface area (Å²) in [4.78, 5) is 16.4. The molecule has 7 heteroatoms. The fourth-order valence-electron chi connectivity index (χ4n) is 3.31. The fraction of sp³-hybridized carbons (Fsp3) is 0.286. The molecular formula is C21H22FN3O3. The fourth-order valence-corrected chi connectivity index (χ4v) is 3.31. The highest BCUT2D eigenvalue weighted by Crippen LogP contribution is 2.32. The predicted octanol–water partition coefficient (Wildman–Crippen LogP) is 3.05. The molecule has 0 aliphatic carbocycles. The smallest absolute Gasteiger partial charge is 0.321 e. The number of fused-ring (bicyclic) bond motifs is 1. The molecule has 0 bridgehead atoms. The van der Waals surface area contributed by atoms with Gasteiger partial charge in [-0.15, -0.1) is 0 Å². The van der Waals surface area contributed by atoms with Crippen molar-refractivity contribution < 1.29 is 18.7 Å². The predicted molar refractivity (Wildman–Crippen MR) is 103 cm³/mol. The van der Waals surface area contributed by atoms with Crippen LogP contribution >= 0.6 is 0 Å². The summed E-state index contributed by atoms with van der Waals surface area (Å²) in [6.07, 6.45) is 3.04. The maximum Gasteiger partial charge on any atom is 0.321 e. The normalized spacial score (nSPS) is 16.5. The third kappa shape index (κ3) is 4.26. The molecule has 28 heavy (non-hydrogen) atoms. The molecule has 4 rings (SSSR count). The lowest BCUT2D eigenvalue weighted by molar-refractivity contribution is 0.137. The van der Waals surface area contributed by atoms with Crippen molar-refractivity contribution in [3.63, 3.8) is 0 Å². The number of carbonyl (C=O) groups excluding carboxylic acids is 1. The monoisotopic (exact) mass is 383 g/mol. The van der Waals surface area contributed by atoms with Crippen molar-refractivity contribution in [1.82, 2.24) is 15.1 Å². The second kappa shape index (κ2) is 8.31. The average Bonchev–Trinajstić information content (AvgIpc) is 3.18. The molecule has 0 radical (unpaired) electrons. The average molecular weight is 383 g/mol. The van der Waals surface area contributed by atoms with Crippen LogP contribution in [0.5, 0.6) is 11.5 Å². The van der Waals surface area contributed by atoms with Gasteiger partial charge < -0.3 is 19.7 Å². The summed E-state index contributed by atoms with van der Waals surface area (Å²) in [7, 11) is 0. The SMILES string of the molecule is O=C(N/C=C/c1ccccc1F)N1CCN(Cc2ccc3c(c2)OCO3)CC1. The number of hydrogen-bond acceptors (Lipinski definition) is 4. The van der Waals surface area contributed by atoms with Gasteiger partial charge in [-0.25, -0.2) is 9.18 Å². The van der Waals surface area contributed by atoms with Crippen LogP contribution in [0.25, 0.3) is 6.08 Å². The van der Waals surface area contributed by atoms with E-state index in [-0.39, 0.29) is 18.6 Å². The highest BCUT2D eigenvalue weighted by Gasteiger charge is 2.21. The summed E-state index contributed by atoms with van der Waals surface area (Å²) in [6, 6.07) is 12.2. The highest BCUT2D eigenvalue weighted by atomic mass is 19.1. The Hall–Kier alpha value is -3.06. The van der Waals surface area contributed by atoms with Gasteiger partial charge in [-0.3, -0.25) is 4.90 Å². The molecule has 2 aromatic rings. The van der Waals surface area contributed by atoms with Gasteiger partial charge >= 0.3 is 6.03 Å². The Morgan fingerprint density at radius 2 is 1.86 bits per heavy atom. The van der Waals surface area contributed by atoms with Gasteiger partial charge in [0.25, 0.3) is 0 Å². The van der Waals surface area contributed by atoms with Crippen LogP contribution in [0, 0.1) is 5.82 Å². The molecule has 2 aromatic carbocycles. The van der Waals surface area contributed by atoms with Gasteiger partial charge in [-0.1, -0.05) is 24.3 Å². The zero-order chi connectivity index (χ0) is 19.3. The summed E-state index contributed by atoms with van der Waals surface area (Å²) in [5.41, 5.74) is 1.60. The molecule has 2 heterocycles. The number of hydrogen-bond donors (Lipinski definition) is 1. The van der Waals surface area contributed by atoms with Gasteiger partial charge in [-0.2, -0.15) is 0 Å². The minimum atomic E-state index is -0.315. The van der Waals surface area contributed by atoms with Gasteiger partial charge in [0.05, 0.1) is 0 Å². The molecule has 0 saturated carbocycles. The van der Waals surface area contributed by atoms with Crippen molar-refractivity contribution in [3.8, 4) is 11.5 Å². The second-order valence-electron chi connectivity index (χ2n) is 6.76. The van der Waals surface area contributed by atoms with Crippen LogP contribution in [-0.2, 0) is 6.54 Å². The highest BCUT2D eigenvalue weighted by molar-refractivity contribution is 5.76. The van der Waals surface area contributed by atoms with E-state index in [0.29, 0.717) is 18.7 Å². The van der Waals surface area contributed by atoms with E-state index in [1.807, 2.05) is 18.2 Å². The molecule has 0 unspecified atom stereocenters. The van der Waals surface area contributed by atoms with Crippen molar-refractivity contribution in [3.05, 3.63) is 65.6 Å². The van der Waals surface area contributed by atoms with Crippen molar-refractivity contribution >= 4 is 12.1 Å². The zero-order valence-corrected chi connectivity index (χ0v) is 15.4. The minimum Gasteiger partial charge on any atom is -0.454 e. The molecule has 0 aromatic heterocycles. The van der Waals surface area contributed by atoms with Crippen LogP contribution in [0.4, 0.5) is 9.18 Å². The van der Waals surface area contributed by atoms with E-state index in [1.54, 1.807) is 29.2 Å². The quantitative estimate of drug-likeness (QED) is 0.882. The standard InChI is InChI=1S/C21H22FN3O3/c22-18-4-2-1-3-17(18)7-8-23-21(26)25-11-9-24(10-12-25)14-16-5-6-19-20(13-16)28-15-27-19/h1-8,13H,9-12,14-15H2,(H,23,26)/b8-7+. The van der Waals surface area contributed by atoms with E-state index in [2.05, 4.69) is 10.2 Å². The van der Waals surface area contributed by atoms with E-state index in [1.165, 1.54) is 12.3 Å². The number of nitrogens with one attached hydrogen (secondary N) is 1. The first-order chi connectivity index (χ1) is 13.7. The van der Waals surface area contributed by atoms with Crippen molar-refractivity contribution in [2.75, 3.05) is 33.0 Å². The first-order valence-electron chi connectivity index (χ1n) is 9.26. The lowest BCUT2D eigenvalue weighted by Crippen LogP contribution is -2.50. The Bertz CT molecular complexity index is 879. The van der Waals surface area contributed by atoms with Crippen LogP contribution in [0.2, 0.25) is 0 Å². The summed E-state index contributed by atoms with van der Waals surface area (Å²) in [5.74, 6) is 1.26. The molecule has 1 N–H and O–H groups in total. The molecule has 0 atom stereocenters. The third-order valence-electron chi connectivity index (χ3n) is 4.88. The number of benzene rings is 2. The second-order valence-corrected chi connectivity index (χ2v) is 6.76. The van der Waals surface area contributed by atoms with Crippen LogP contribution in [0.1, 0.15) is 11.1 Å². The lowest BCUT2D eigenvalue weighted by Gasteiger charge is -2.34. The van der Waals surface area contributed by atoms with E-state index in [9.17, 15) is 9.18 Å². The Labute approximate surface area is 163 Å². The summed E-state index contributed by atoms with van der Waals surface area (Å²) in [5, 5.41) is 2.71. The molecule has 1 fully saturated rings. The van der Waals surface area contributed by atoms with E-state index in [0.717, 1.165) is 36.7 Å². The van der Waals surface area contributed by atoms with Crippen molar-refractivity contribution in [2.24, 2.45) is 0 Å². The minimum absolute atomic E-state index is 0.171. The third-order valence-corrected chi connectivity index (χ3v) is 4.88. The van der Waals surface area contributed by atoms with E-state index >= 15 is 0 Å². The Kier molecular flexibility index (Phi) is 5.43. The van der Waals surface area contributed by atoms with Crippen LogP contribution in [0.15, 0.2) is 48.7 Å². The number of nitrogens with zero attached hydrogens (tertiary/aromatic N) is 2. The largest absolute Gasteiger partial charge is 0.454 e. The van der Waals surface area contributed by atoms with E-state index < -0.39 is 0 Å². The maximum atomic E-state index is 13.6. The number of amides is 2. The molecule has 2 aliphatic heterocycles. The van der Waals surface area contributed by atoms with Gasteiger partial charge in [0.1, 0.15) is 5.82 Å². The van der Waals surface area contributed by atoms with Crippen LogP contribution < -0.4 is 14.8 Å². The molecule has 1 saturated heterocycles. The van der Waals surface area contributed by atoms with E-state index in [4.69, 9.17) is 9.47 Å². The summed E-state index contributed by atoms with van der Waals surface area (Å²) >= 11 is 0. The number of piperazine rings is 1.